The maximum atomic E-state index is 9.25. The summed E-state index contributed by atoms with van der Waals surface area (Å²) < 4.78 is 0. The molecule has 0 aliphatic heterocycles. The van der Waals surface area contributed by atoms with E-state index in [4.69, 9.17) is 0 Å². The highest BCUT2D eigenvalue weighted by atomic mass is 32.1. The third-order valence-corrected chi connectivity index (χ3v) is 4.58. The van der Waals surface area contributed by atoms with E-state index < -0.39 is 0 Å². The summed E-state index contributed by atoms with van der Waals surface area (Å²) in [5, 5.41) is 13.9. The monoisotopic (exact) mass is 290 g/mol. The molecule has 2 atom stereocenters. The molecule has 0 bridgehead atoms. The van der Waals surface area contributed by atoms with Crippen molar-refractivity contribution >= 4 is 11.3 Å². The molecule has 0 radical (unpaired) electrons. The Hall–Kier alpha value is -1.23. The van der Waals surface area contributed by atoms with Crippen LogP contribution in [0.25, 0.3) is 0 Å². The van der Waals surface area contributed by atoms with Crippen LogP contribution >= 0.6 is 11.3 Å². The van der Waals surface area contributed by atoms with Gasteiger partial charge in [0.2, 0.25) is 0 Å². The number of aliphatic hydroxyl groups excluding tert-OH is 1. The molecule has 20 heavy (non-hydrogen) atoms. The third kappa shape index (κ3) is 4.13. The SMILES string of the molecule is Cc1ncc(C(C)NCC(CCO)c2ccccc2)s1. The van der Waals surface area contributed by atoms with Crippen LogP contribution in [0.4, 0.5) is 0 Å². The van der Waals surface area contributed by atoms with Crippen molar-refractivity contribution in [2.75, 3.05) is 13.2 Å². The number of aryl methyl sites for hydroxylation is 1. The molecule has 1 aromatic carbocycles. The Morgan fingerprint density at radius 2 is 2.05 bits per heavy atom. The van der Waals surface area contributed by atoms with Gasteiger partial charge in [0.25, 0.3) is 0 Å². The molecule has 0 spiro atoms. The lowest BCUT2D eigenvalue weighted by Crippen LogP contribution is -2.25. The van der Waals surface area contributed by atoms with Crippen LogP contribution in [0.1, 0.15) is 40.8 Å². The molecule has 3 nitrogen and oxygen atoms in total. The van der Waals surface area contributed by atoms with Gasteiger partial charge in [0.15, 0.2) is 0 Å². The molecule has 2 unspecified atom stereocenters. The number of hydrogen-bond acceptors (Lipinski definition) is 4. The molecular formula is C16H22N2OS. The van der Waals surface area contributed by atoms with E-state index in [1.807, 2.05) is 19.2 Å². The van der Waals surface area contributed by atoms with Crippen molar-refractivity contribution < 1.29 is 5.11 Å². The fourth-order valence-corrected chi connectivity index (χ4v) is 3.08. The molecule has 1 heterocycles. The minimum Gasteiger partial charge on any atom is -0.396 e. The van der Waals surface area contributed by atoms with E-state index >= 15 is 0 Å². The van der Waals surface area contributed by atoms with E-state index in [1.54, 1.807) is 11.3 Å². The molecule has 0 aliphatic rings. The molecule has 0 saturated carbocycles. The van der Waals surface area contributed by atoms with E-state index in [0.29, 0.717) is 12.0 Å². The highest BCUT2D eigenvalue weighted by Gasteiger charge is 2.14. The molecular weight excluding hydrogens is 268 g/mol. The number of thiazole rings is 1. The average molecular weight is 290 g/mol. The van der Waals surface area contributed by atoms with Gasteiger partial charge < -0.3 is 10.4 Å². The Kier molecular flexibility index (Phi) is 5.71. The highest BCUT2D eigenvalue weighted by molar-refractivity contribution is 7.11. The maximum absolute atomic E-state index is 9.25. The molecule has 0 aliphatic carbocycles. The van der Waals surface area contributed by atoms with Gasteiger partial charge in [-0.15, -0.1) is 11.3 Å². The number of aliphatic hydroxyl groups is 1. The number of aromatic nitrogens is 1. The Morgan fingerprint density at radius 3 is 2.65 bits per heavy atom. The van der Waals surface area contributed by atoms with Crippen molar-refractivity contribution in [1.82, 2.24) is 10.3 Å². The van der Waals surface area contributed by atoms with Crippen LogP contribution in [0.3, 0.4) is 0 Å². The Morgan fingerprint density at radius 1 is 1.30 bits per heavy atom. The van der Waals surface area contributed by atoms with Gasteiger partial charge in [0, 0.05) is 30.3 Å². The Balaban J connectivity index is 1.95. The Bertz CT molecular complexity index is 512. The smallest absolute Gasteiger partial charge is 0.0897 e. The van der Waals surface area contributed by atoms with Gasteiger partial charge in [-0.3, -0.25) is 0 Å². The van der Waals surface area contributed by atoms with Gasteiger partial charge in [0.05, 0.1) is 5.01 Å². The van der Waals surface area contributed by atoms with Crippen molar-refractivity contribution in [3.05, 3.63) is 52.0 Å². The number of hydrogen-bond donors (Lipinski definition) is 2. The van der Waals surface area contributed by atoms with Crippen LogP contribution in [-0.2, 0) is 0 Å². The lowest BCUT2D eigenvalue weighted by atomic mass is 9.96. The Labute approximate surface area is 124 Å². The summed E-state index contributed by atoms with van der Waals surface area (Å²) in [5.74, 6) is 0.345. The van der Waals surface area contributed by atoms with E-state index in [0.717, 1.165) is 18.0 Å². The van der Waals surface area contributed by atoms with Crippen molar-refractivity contribution in [3.63, 3.8) is 0 Å². The van der Waals surface area contributed by atoms with Crippen molar-refractivity contribution in [2.45, 2.75) is 32.2 Å². The van der Waals surface area contributed by atoms with Gasteiger partial charge in [0.1, 0.15) is 0 Å². The van der Waals surface area contributed by atoms with Gasteiger partial charge in [-0.05, 0) is 31.7 Å². The summed E-state index contributed by atoms with van der Waals surface area (Å²) in [4.78, 5) is 5.56. The first kappa shape index (κ1) is 15.2. The van der Waals surface area contributed by atoms with Crippen LogP contribution in [-0.4, -0.2) is 23.2 Å². The maximum Gasteiger partial charge on any atom is 0.0897 e. The molecule has 0 amide bonds. The van der Waals surface area contributed by atoms with E-state index in [-0.39, 0.29) is 6.61 Å². The summed E-state index contributed by atoms with van der Waals surface area (Å²) in [6.07, 6.45) is 2.73. The first-order valence-electron chi connectivity index (χ1n) is 7.02. The quantitative estimate of drug-likeness (QED) is 0.822. The van der Waals surface area contributed by atoms with Crippen LogP contribution in [0.15, 0.2) is 36.5 Å². The van der Waals surface area contributed by atoms with Crippen molar-refractivity contribution in [2.24, 2.45) is 0 Å². The first-order chi connectivity index (χ1) is 9.70. The molecule has 0 saturated heterocycles. The molecule has 4 heteroatoms. The van der Waals surface area contributed by atoms with Gasteiger partial charge in [-0.2, -0.15) is 0 Å². The zero-order valence-corrected chi connectivity index (χ0v) is 12.9. The topological polar surface area (TPSA) is 45.2 Å². The van der Waals surface area contributed by atoms with Crippen LogP contribution in [0.2, 0.25) is 0 Å². The van der Waals surface area contributed by atoms with Crippen molar-refractivity contribution in [1.29, 1.82) is 0 Å². The summed E-state index contributed by atoms with van der Waals surface area (Å²) >= 11 is 1.73. The number of nitrogens with one attached hydrogen (secondary N) is 1. The second-order valence-electron chi connectivity index (χ2n) is 5.03. The van der Waals surface area contributed by atoms with E-state index in [2.05, 4.69) is 41.5 Å². The zero-order valence-electron chi connectivity index (χ0n) is 12.0. The van der Waals surface area contributed by atoms with Crippen LogP contribution < -0.4 is 5.32 Å². The summed E-state index contributed by atoms with van der Waals surface area (Å²) in [7, 11) is 0. The molecule has 2 aromatic rings. The number of nitrogens with zero attached hydrogens (tertiary/aromatic N) is 1. The number of benzene rings is 1. The predicted molar refractivity (Wildman–Crippen MR) is 84.2 cm³/mol. The standard InChI is InChI=1S/C16H22N2OS/c1-12(16-11-18-13(2)20-16)17-10-15(8-9-19)14-6-4-3-5-7-14/h3-7,11-12,15,17,19H,8-10H2,1-2H3. The van der Waals surface area contributed by atoms with Crippen LogP contribution in [0.5, 0.6) is 0 Å². The predicted octanol–water partition coefficient (Wildman–Crippen LogP) is 3.27. The summed E-state index contributed by atoms with van der Waals surface area (Å²) in [5.41, 5.74) is 1.28. The molecule has 2 N–H and O–H groups in total. The normalized spacial score (nSPS) is 14.2. The second kappa shape index (κ2) is 7.53. The largest absolute Gasteiger partial charge is 0.396 e. The molecule has 108 valence electrons. The van der Waals surface area contributed by atoms with Gasteiger partial charge in [-0.1, -0.05) is 30.3 Å². The zero-order chi connectivity index (χ0) is 14.4. The van der Waals surface area contributed by atoms with Gasteiger partial charge in [-0.25, -0.2) is 4.98 Å². The lowest BCUT2D eigenvalue weighted by Gasteiger charge is -2.20. The highest BCUT2D eigenvalue weighted by Crippen LogP contribution is 2.23. The van der Waals surface area contributed by atoms with Crippen LogP contribution in [0, 0.1) is 6.92 Å². The van der Waals surface area contributed by atoms with E-state index in [1.165, 1.54) is 10.4 Å². The third-order valence-electron chi connectivity index (χ3n) is 3.48. The summed E-state index contributed by atoms with van der Waals surface area (Å²) in [6.45, 7) is 5.27. The fourth-order valence-electron chi connectivity index (χ4n) is 2.27. The van der Waals surface area contributed by atoms with Gasteiger partial charge >= 0.3 is 0 Å². The van der Waals surface area contributed by atoms with E-state index in [9.17, 15) is 5.11 Å². The minimum atomic E-state index is 0.218. The molecule has 2 rings (SSSR count). The summed E-state index contributed by atoms with van der Waals surface area (Å²) in [6, 6.07) is 10.7. The minimum absolute atomic E-state index is 0.218. The lowest BCUT2D eigenvalue weighted by molar-refractivity contribution is 0.272. The second-order valence-corrected chi connectivity index (χ2v) is 6.30. The average Bonchev–Trinajstić information content (AvgIpc) is 2.91. The van der Waals surface area contributed by atoms with Crippen molar-refractivity contribution in [3.8, 4) is 0 Å². The first-order valence-corrected chi connectivity index (χ1v) is 7.84. The molecule has 1 aromatic heterocycles. The molecule has 0 fully saturated rings. The fraction of sp³-hybridized carbons (Fsp3) is 0.438. The number of rotatable bonds is 7.